The Kier molecular flexibility index (Phi) is 15.3. The van der Waals surface area contributed by atoms with Gasteiger partial charge in [0.15, 0.2) is 14.6 Å². The summed E-state index contributed by atoms with van der Waals surface area (Å²) in [4.78, 5) is 11.5. The molecule has 1 heterocycles. The van der Waals surface area contributed by atoms with E-state index in [9.17, 15) is 4.79 Å². The number of carbonyl (C=O) groups excluding carboxylic acids is 1. The number of halogens is 2. The van der Waals surface area contributed by atoms with Gasteiger partial charge in [0.05, 0.1) is 28.8 Å². The number of hydrogen-bond donors (Lipinski definition) is 0. The Labute approximate surface area is 241 Å². The molecule has 7 atom stereocenters. The zero-order valence-electron chi connectivity index (χ0n) is 23.9. The topological polar surface area (TPSA) is 81.7 Å². The van der Waals surface area contributed by atoms with Crippen molar-refractivity contribution in [3.63, 3.8) is 0 Å². The maximum absolute atomic E-state index is 11.5. The third-order valence-electron chi connectivity index (χ3n) is 7.02. The monoisotopic (exact) mass is 672 g/mol. The van der Waals surface area contributed by atoms with Gasteiger partial charge in [0, 0.05) is 27.8 Å². The molecule has 0 N–H and O–H groups in total. The highest BCUT2D eigenvalue weighted by Gasteiger charge is 2.48. The van der Waals surface area contributed by atoms with E-state index in [1.54, 1.807) is 21.3 Å². The fourth-order valence-electron chi connectivity index (χ4n) is 3.87. The van der Waals surface area contributed by atoms with E-state index >= 15 is 0 Å². The lowest BCUT2D eigenvalue weighted by atomic mass is 9.99. The number of rotatable bonds is 14. The molecule has 0 aromatic carbocycles. The Bertz CT molecular complexity index is 751. The summed E-state index contributed by atoms with van der Waals surface area (Å²) in [6, 6.07) is 0. The minimum Gasteiger partial charge on any atom is -0.469 e. The Morgan fingerprint density at radius 3 is 2.08 bits per heavy atom. The van der Waals surface area contributed by atoms with Crippen molar-refractivity contribution < 1.29 is 37.6 Å². The fraction of sp³-hybridized carbons (Fsp3) is 0.808. The molecule has 1 aliphatic rings. The zero-order chi connectivity index (χ0) is 28.4. The summed E-state index contributed by atoms with van der Waals surface area (Å²) in [6.45, 7) is 13.0. The SMILES string of the molecule is COC(=O)CC/C=C/C[C@H](O[C@@H]1O[C@@H](C)[C@H](OC)[C@@H](OC)[C@H]1OC)[C@@H](C=C(Br)Br)O[Si](C)(C)C(C)(C)C. The van der Waals surface area contributed by atoms with E-state index in [-0.39, 0.29) is 29.3 Å². The zero-order valence-corrected chi connectivity index (χ0v) is 28.1. The average Bonchev–Trinajstić information content (AvgIpc) is 2.80. The quantitative estimate of drug-likeness (QED) is 0.125. The number of hydrogen-bond acceptors (Lipinski definition) is 8. The van der Waals surface area contributed by atoms with Crippen LogP contribution in [0.4, 0.5) is 0 Å². The van der Waals surface area contributed by atoms with Crippen LogP contribution in [-0.2, 0) is 37.6 Å². The maximum atomic E-state index is 11.5. The van der Waals surface area contributed by atoms with Gasteiger partial charge in [-0.1, -0.05) is 32.9 Å². The first-order valence-electron chi connectivity index (χ1n) is 12.5. The third-order valence-corrected chi connectivity index (χ3v) is 12.0. The first kappa shape index (κ1) is 34.9. The van der Waals surface area contributed by atoms with Crippen LogP contribution in [-0.4, -0.2) is 85.6 Å². The minimum atomic E-state index is -2.18. The second-order valence-electron chi connectivity index (χ2n) is 10.6. The number of methoxy groups -OCH3 is 4. The van der Waals surface area contributed by atoms with Gasteiger partial charge in [0.1, 0.15) is 18.3 Å². The molecule has 0 spiro atoms. The van der Waals surface area contributed by atoms with Crippen LogP contribution >= 0.6 is 31.9 Å². The second-order valence-corrected chi connectivity index (χ2v) is 18.1. The van der Waals surface area contributed by atoms with Crippen molar-refractivity contribution in [2.45, 2.75) is 108 Å². The van der Waals surface area contributed by atoms with Crippen LogP contribution < -0.4 is 0 Å². The van der Waals surface area contributed by atoms with Gasteiger partial charge >= 0.3 is 5.97 Å². The van der Waals surface area contributed by atoms with Crippen LogP contribution in [0.1, 0.15) is 47.0 Å². The van der Waals surface area contributed by atoms with Crippen molar-refractivity contribution in [2.75, 3.05) is 28.4 Å². The average molecular weight is 675 g/mol. The van der Waals surface area contributed by atoms with E-state index in [4.69, 9.17) is 32.8 Å². The van der Waals surface area contributed by atoms with E-state index in [1.807, 2.05) is 25.2 Å². The summed E-state index contributed by atoms with van der Waals surface area (Å²) in [5.74, 6) is -0.242. The predicted molar refractivity (Wildman–Crippen MR) is 155 cm³/mol. The normalized spacial score (nSPS) is 26.6. The number of esters is 1. The summed E-state index contributed by atoms with van der Waals surface area (Å²) in [6.07, 6.45) is 4.36. The number of allylic oxidation sites excluding steroid dienone is 1. The predicted octanol–water partition coefficient (Wildman–Crippen LogP) is 6.08. The molecule has 11 heteroatoms. The van der Waals surface area contributed by atoms with E-state index in [0.717, 1.165) is 3.39 Å². The third kappa shape index (κ3) is 10.8. The summed E-state index contributed by atoms with van der Waals surface area (Å²) < 4.78 is 42.4. The molecular formula is C26H46Br2O8Si. The fourth-order valence-corrected chi connectivity index (χ4v) is 5.65. The molecular weight excluding hydrogens is 628 g/mol. The van der Waals surface area contributed by atoms with Crippen molar-refractivity contribution >= 4 is 46.1 Å². The van der Waals surface area contributed by atoms with Crippen molar-refractivity contribution in [3.05, 3.63) is 21.6 Å². The van der Waals surface area contributed by atoms with Crippen LogP contribution in [0.3, 0.4) is 0 Å². The van der Waals surface area contributed by atoms with Gasteiger partial charge in [0.2, 0.25) is 0 Å². The van der Waals surface area contributed by atoms with E-state index < -0.39 is 32.9 Å². The lowest BCUT2D eigenvalue weighted by Crippen LogP contribution is -2.60. The standard InChI is InChI=1S/C26H46Br2O8Si/c1-17-22(31-6)23(32-7)24(33-8)25(34-17)35-18(14-12-11-13-15-21(29)30-5)19(16-20(27)28)36-37(9,10)26(2,3)4/h11-12,16-19,22-25H,13-15H2,1-10H3/b12-11+/t17-,18-,19+,22-,23+,24+,25-/m0/s1. The molecule has 0 saturated carbocycles. The van der Waals surface area contributed by atoms with Crippen LogP contribution in [0.2, 0.25) is 18.1 Å². The van der Waals surface area contributed by atoms with Gasteiger partial charge in [0.25, 0.3) is 0 Å². The Morgan fingerprint density at radius 2 is 1.59 bits per heavy atom. The molecule has 0 bridgehead atoms. The molecule has 1 aliphatic heterocycles. The Balaban J connectivity index is 3.32. The van der Waals surface area contributed by atoms with Crippen LogP contribution in [0.25, 0.3) is 0 Å². The van der Waals surface area contributed by atoms with Gasteiger partial charge < -0.3 is 32.8 Å². The van der Waals surface area contributed by atoms with Gasteiger partial charge in [-0.15, -0.1) is 0 Å². The van der Waals surface area contributed by atoms with Crippen molar-refractivity contribution in [1.82, 2.24) is 0 Å². The summed E-state index contributed by atoms with van der Waals surface area (Å²) in [5, 5.41) is -0.00344. The molecule has 0 unspecified atom stereocenters. The molecule has 0 aliphatic carbocycles. The smallest absolute Gasteiger partial charge is 0.305 e. The molecule has 1 rings (SSSR count). The summed E-state index contributed by atoms with van der Waals surface area (Å²) >= 11 is 7.02. The van der Waals surface area contributed by atoms with Crippen LogP contribution in [0, 0.1) is 0 Å². The summed E-state index contributed by atoms with van der Waals surface area (Å²) in [5.41, 5.74) is 0. The molecule has 0 radical (unpaired) electrons. The highest BCUT2D eigenvalue weighted by molar-refractivity contribution is 9.28. The van der Waals surface area contributed by atoms with Crippen molar-refractivity contribution in [1.29, 1.82) is 0 Å². The molecule has 0 aromatic heterocycles. The van der Waals surface area contributed by atoms with E-state index in [0.29, 0.717) is 19.3 Å². The minimum absolute atomic E-state index is 0.00344. The van der Waals surface area contributed by atoms with E-state index in [1.165, 1.54) is 7.11 Å². The second kappa shape index (κ2) is 16.2. The highest BCUT2D eigenvalue weighted by atomic mass is 79.9. The van der Waals surface area contributed by atoms with Crippen molar-refractivity contribution in [2.24, 2.45) is 0 Å². The largest absolute Gasteiger partial charge is 0.469 e. The van der Waals surface area contributed by atoms with Crippen LogP contribution in [0.5, 0.6) is 0 Å². The van der Waals surface area contributed by atoms with Gasteiger partial charge in [-0.05, 0) is 75.8 Å². The van der Waals surface area contributed by atoms with Gasteiger partial charge in [-0.25, -0.2) is 0 Å². The Morgan fingerprint density at radius 1 is 1.00 bits per heavy atom. The lowest BCUT2D eigenvalue weighted by Gasteiger charge is -2.46. The molecule has 0 amide bonds. The van der Waals surface area contributed by atoms with Crippen LogP contribution in [0.15, 0.2) is 21.6 Å². The van der Waals surface area contributed by atoms with Gasteiger partial charge in [-0.3, -0.25) is 4.79 Å². The lowest BCUT2D eigenvalue weighted by molar-refractivity contribution is -0.318. The maximum Gasteiger partial charge on any atom is 0.305 e. The van der Waals surface area contributed by atoms with Gasteiger partial charge in [-0.2, -0.15) is 0 Å². The van der Waals surface area contributed by atoms with E-state index in [2.05, 4.69) is 65.7 Å². The summed E-state index contributed by atoms with van der Waals surface area (Å²) in [7, 11) is 4.08. The molecule has 216 valence electrons. The highest BCUT2D eigenvalue weighted by Crippen LogP contribution is 2.39. The Hall–Kier alpha value is -0.113. The molecule has 37 heavy (non-hydrogen) atoms. The molecule has 1 saturated heterocycles. The number of carbonyl (C=O) groups is 1. The molecule has 0 aromatic rings. The van der Waals surface area contributed by atoms with Crippen molar-refractivity contribution in [3.8, 4) is 0 Å². The number of ether oxygens (including phenoxy) is 6. The molecule has 8 nitrogen and oxygen atoms in total. The first-order valence-corrected chi connectivity index (χ1v) is 17.0. The molecule has 1 fully saturated rings. The first-order chi connectivity index (χ1) is 17.2.